The van der Waals surface area contributed by atoms with E-state index in [1.807, 2.05) is 48.7 Å². The molecule has 120 valence electrons. The Morgan fingerprint density at radius 1 is 1.13 bits per heavy atom. The molecule has 1 heterocycles. The molecule has 0 spiro atoms. The van der Waals surface area contributed by atoms with Gasteiger partial charge in [0.2, 0.25) is 5.91 Å². The number of hydrogen-bond acceptors (Lipinski definition) is 2. The predicted octanol–water partition coefficient (Wildman–Crippen LogP) is 3.71. The third-order valence-electron chi connectivity index (χ3n) is 4.72. The molecule has 23 heavy (non-hydrogen) atoms. The first-order chi connectivity index (χ1) is 11.3. The highest BCUT2D eigenvalue weighted by molar-refractivity contribution is 5.84. The number of amides is 1. The van der Waals surface area contributed by atoms with E-state index in [0.717, 1.165) is 17.7 Å². The summed E-state index contributed by atoms with van der Waals surface area (Å²) in [7, 11) is 0. The molecular formula is C20H24N2O. The minimum Gasteiger partial charge on any atom is -0.355 e. The molecule has 1 aromatic heterocycles. The molecule has 3 rings (SSSR count). The van der Waals surface area contributed by atoms with Crippen molar-refractivity contribution < 1.29 is 4.79 Å². The van der Waals surface area contributed by atoms with Crippen LogP contribution in [0.25, 0.3) is 0 Å². The van der Waals surface area contributed by atoms with Gasteiger partial charge in [-0.1, -0.05) is 49.2 Å². The van der Waals surface area contributed by atoms with Crippen LogP contribution in [0.5, 0.6) is 0 Å². The number of benzene rings is 1. The molecule has 1 aliphatic carbocycles. The van der Waals surface area contributed by atoms with Gasteiger partial charge in [0, 0.05) is 18.9 Å². The Labute approximate surface area is 138 Å². The van der Waals surface area contributed by atoms with Crippen LogP contribution in [0.3, 0.4) is 0 Å². The van der Waals surface area contributed by atoms with E-state index in [1.54, 1.807) is 6.20 Å². The van der Waals surface area contributed by atoms with Crippen molar-refractivity contribution in [2.75, 3.05) is 6.54 Å². The fourth-order valence-corrected chi connectivity index (χ4v) is 3.38. The third kappa shape index (κ3) is 4.41. The van der Waals surface area contributed by atoms with Crippen molar-refractivity contribution in [2.45, 2.75) is 38.0 Å². The van der Waals surface area contributed by atoms with Gasteiger partial charge in [0.15, 0.2) is 0 Å². The number of carbonyl (C=O) groups is 1. The number of nitrogens with zero attached hydrogens (tertiary/aromatic N) is 1. The van der Waals surface area contributed by atoms with E-state index in [2.05, 4.69) is 10.3 Å². The van der Waals surface area contributed by atoms with E-state index >= 15 is 0 Å². The van der Waals surface area contributed by atoms with E-state index in [4.69, 9.17) is 0 Å². The molecule has 1 N–H and O–H groups in total. The van der Waals surface area contributed by atoms with Crippen LogP contribution in [0, 0.1) is 5.92 Å². The normalized spacial score (nSPS) is 16.2. The molecule has 1 amide bonds. The van der Waals surface area contributed by atoms with E-state index in [-0.39, 0.29) is 11.8 Å². The number of nitrogens with one attached hydrogen (secondary N) is 1. The average Bonchev–Trinajstić information content (AvgIpc) is 3.13. The largest absolute Gasteiger partial charge is 0.355 e. The summed E-state index contributed by atoms with van der Waals surface area (Å²) in [5, 5.41) is 3.18. The molecule has 3 nitrogen and oxygen atoms in total. The summed E-state index contributed by atoms with van der Waals surface area (Å²) in [6.45, 7) is 0.815. The van der Waals surface area contributed by atoms with Gasteiger partial charge in [-0.25, -0.2) is 0 Å². The summed E-state index contributed by atoms with van der Waals surface area (Å²) < 4.78 is 0. The Hall–Kier alpha value is -2.16. The van der Waals surface area contributed by atoms with Gasteiger partial charge < -0.3 is 5.32 Å². The van der Waals surface area contributed by atoms with E-state index in [0.29, 0.717) is 12.3 Å². The minimum atomic E-state index is -0.151. The maximum absolute atomic E-state index is 12.8. The fraction of sp³-hybridized carbons (Fsp3) is 0.400. The van der Waals surface area contributed by atoms with Gasteiger partial charge in [-0.05, 0) is 42.4 Å². The lowest BCUT2D eigenvalue weighted by atomic mass is 9.91. The van der Waals surface area contributed by atoms with Crippen LogP contribution in [0.15, 0.2) is 54.9 Å². The van der Waals surface area contributed by atoms with Gasteiger partial charge in [0.25, 0.3) is 0 Å². The monoisotopic (exact) mass is 308 g/mol. The Morgan fingerprint density at radius 2 is 1.91 bits per heavy atom. The molecule has 0 bridgehead atoms. The summed E-state index contributed by atoms with van der Waals surface area (Å²) in [5.74, 6) is 0.641. The minimum absolute atomic E-state index is 0.131. The highest BCUT2D eigenvalue weighted by Gasteiger charge is 2.23. The molecule has 3 heteroatoms. The Kier molecular flexibility index (Phi) is 5.41. The molecule has 0 aliphatic heterocycles. The average molecular weight is 308 g/mol. The van der Waals surface area contributed by atoms with Gasteiger partial charge in [-0.3, -0.25) is 9.78 Å². The van der Waals surface area contributed by atoms with E-state index < -0.39 is 0 Å². The van der Waals surface area contributed by atoms with Crippen molar-refractivity contribution in [3.63, 3.8) is 0 Å². The topological polar surface area (TPSA) is 42.0 Å². The highest BCUT2D eigenvalue weighted by atomic mass is 16.1. The van der Waals surface area contributed by atoms with Crippen LogP contribution in [-0.2, 0) is 11.2 Å². The zero-order valence-corrected chi connectivity index (χ0v) is 13.4. The van der Waals surface area contributed by atoms with Crippen molar-refractivity contribution >= 4 is 5.91 Å². The van der Waals surface area contributed by atoms with Gasteiger partial charge in [-0.2, -0.15) is 0 Å². The van der Waals surface area contributed by atoms with Gasteiger partial charge in [0.05, 0.1) is 5.92 Å². The maximum atomic E-state index is 12.8. The summed E-state index contributed by atoms with van der Waals surface area (Å²) in [4.78, 5) is 16.9. The second-order valence-corrected chi connectivity index (χ2v) is 6.42. The Balaban J connectivity index is 1.70. The number of rotatable bonds is 6. The number of pyridine rings is 1. The first-order valence-corrected chi connectivity index (χ1v) is 8.54. The number of aromatic nitrogens is 1. The Morgan fingerprint density at radius 3 is 2.61 bits per heavy atom. The lowest BCUT2D eigenvalue weighted by Crippen LogP contribution is -2.33. The van der Waals surface area contributed by atoms with Gasteiger partial charge in [-0.15, -0.1) is 0 Å². The summed E-state index contributed by atoms with van der Waals surface area (Å²) >= 11 is 0. The van der Waals surface area contributed by atoms with Crippen LogP contribution < -0.4 is 5.32 Å². The second-order valence-electron chi connectivity index (χ2n) is 6.42. The van der Waals surface area contributed by atoms with Crippen LogP contribution in [0.1, 0.15) is 42.7 Å². The quantitative estimate of drug-likeness (QED) is 0.884. The molecule has 1 aromatic carbocycles. The molecule has 1 saturated carbocycles. The third-order valence-corrected chi connectivity index (χ3v) is 4.72. The summed E-state index contributed by atoms with van der Waals surface area (Å²) in [6.07, 6.45) is 9.41. The molecule has 1 aliphatic rings. The van der Waals surface area contributed by atoms with E-state index in [9.17, 15) is 4.79 Å². The number of carbonyl (C=O) groups excluding carboxylic acids is 1. The summed E-state index contributed by atoms with van der Waals surface area (Å²) in [5.41, 5.74) is 2.16. The second kappa shape index (κ2) is 7.91. The maximum Gasteiger partial charge on any atom is 0.227 e. The van der Waals surface area contributed by atoms with Crippen LogP contribution >= 0.6 is 0 Å². The smallest absolute Gasteiger partial charge is 0.227 e. The Bertz CT molecular complexity index is 606. The zero-order chi connectivity index (χ0) is 15.9. The van der Waals surface area contributed by atoms with Crippen molar-refractivity contribution in [1.29, 1.82) is 0 Å². The highest BCUT2D eigenvalue weighted by Crippen LogP contribution is 2.25. The lowest BCUT2D eigenvalue weighted by Gasteiger charge is -2.19. The van der Waals surface area contributed by atoms with Crippen LogP contribution in [-0.4, -0.2) is 17.4 Å². The van der Waals surface area contributed by atoms with Crippen molar-refractivity contribution in [2.24, 2.45) is 5.92 Å². The van der Waals surface area contributed by atoms with Gasteiger partial charge >= 0.3 is 0 Å². The van der Waals surface area contributed by atoms with Crippen LogP contribution in [0.2, 0.25) is 0 Å². The number of hydrogen-bond donors (Lipinski definition) is 1. The zero-order valence-electron chi connectivity index (χ0n) is 13.4. The van der Waals surface area contributed by atoms with E-state index in [1.165, 1.54) is 25.7 Å². The first-order valence-electron chi connectivity index (χ1n) is 8.54. The fourth-order valence-electron chi connectivity index (χ4n) is 3.38. The van der Waals surface area contributed by atoms with Gasteiger partial charge in [0.1, 0.15) is 0 Å². The molecule has 2 aromatic rings. The first kappa shape index (κ1) is 15.7. The molecule has 0 saturated heterocycles. The van der Waals surface area contributed by atoms with Crippen molar-refractivity contribution in [3.05, 3.63) is 66.0 Å². The lowest BCUT2D eigenvalue weighted by molar-refractivity contribution is -0.122. The van der Waals surface area contributed by atoms with Crippen molar-refractivity contribution in [1.82, 2.24) is 10.3 Å². The van der Waals surface area contributed by atoms with Crippen LogP contribution in [0.4, 0.5) is 0 Å². The standard InChI is InChI=1S/C20H24N2O/c23-20(22-15-16-7-4-5-8-16)19(18-10-2-1-3-11-18)13-17-9-6-12-21-14-17/h1-3,6,9-12,14,16,19H,4-5,7-8,13,15H2,(H,22,23). The van der Waals surface area contributed by atoms with Crippen molar-refractivity contribution in [3.8, 4) is 0 Å². The molecule has 1 atom stereocenters. The molecular weight excluding hydrogens is 284 g/mol. The SMILES string of the molecule is O=C(NCC1CCCC1)C(Cc1cccnc1)c1ccccc1. The molecule has 0 radical (unpaired) electrons. The summed E-state index contributed by atoms with van der Waals surface area (Å²) in [6, 6.07) is 14.0. The predicted molar refractivity (Wildman–Crippen MR) is 92.1 cm³/mol. The molecule has 1 fully saturated rings. The molecule has 1 unspecified atom stereocenters.